The summed E-state index contributed by atoms with van der Waals surface area (Å²) in [5, 5.41) is 6.89. The third kappa shape index (κ3) is 3.73. The van der Waals surface area contributed by atoms with Gasteiger partial charge in [0.1, 0.15) is 5.56 Å². The van der Waals surface area contributed by atoms with Crippen LogP contribution in [0.15, 0.2) is 29.0 Å². The van der Waals surface area contributed by atoms with E-state index < -0.39 is 11.7 Å². The van der Waals surface area contributed by atoms with Gasteiger partial charge >= 0.3 is 6.18 Å². The van der Waals surface area contributed by atoms with E-state index in [1.807, 2.05) is 0 Å². The lowest BCUT2D eigenvalue weighted by atomic mass is 10.1. The Kier molecular flexibility index (Phi) is 5.32. The van der Waals surface area contributed by atoms with E-state index in [0.717, 1.165) is 25.6 Å². The van der Waals surface area contributed by atoms with Gasteiger partial charge in [0.05, 0.1) is 21.4 Å². The molecule has 1 amide bonds. The first-order chi connectivity index (χ1) is 15.3. The number of benzene rings is 1. The number of aromatic amines is 1. The molecule has 0 aliphatic carbocycles. The number of anilines is 2. The van der Waals surface area contributed by atoms with E-state index in [1.54, 1.807) is 17.0 Å². The van der Waals surface area contributed by atoms with Crippen LogP contribution in [-0.4, -0.2) is 46.5 Å². The Labute approximate surface area is 189 Å². The molecule has 2 aromatic heterocycles. The fraction of sp³-hybridized carbons (Fsp3) is 0.381. The highest BCUT2D eigenvalue weighted by molar-refractivity contribution is 9.10. The Balaban J connectivity index is 1.60. The second kappa shape index (κ2) is 8.04. The molecule has 0 spiro atoms. The normalized spacial score (nSPS) is 19.3. The van der Waals surface area contributed by atoms with E-state index in [-0.39, 0.29) is 23.6 Å². The Morgan fingerprint density at radius 3 is 2.81 bits per heavy atom. The fourth-order valence-corrected chi connectivity index (χ4v) is 4.96. The summed E-state index contributed by atoms with van der Waals surface area (Å²) < 4.78 is 42.0. The Morgan fingerprint density at radius 1 is 1.28 bits per heavy atom. The summed E-state index contributed by atoms with van der Waals surface area (Å²) in [6, 6.07) is 3.55. The SMILES string of the molecule is O=C1CCCN1c1ccc2c(-c3nc(NC4CCNC4)ncc3C(F)(F)F)c[nH]c2c1Br. The van der Waals surface area contributed by atoms with Crippen LogP contribution in [0.5, 0.6) is 0 Å². The zero-order valence-electron chi connectivity index (χ0n) is 16.9. The van der Waals surface area contributed by atoms with Crippen LogP contribution in [0.4, 0.5) is 24.8 Å². The van der Waals surface area contributed by atoms with Gasteiger partial charge in [-0.15, -0.1) is 0 Å². The van der Waals surface area contributed by atoms with Crippen molar-refractivity contribution in [3.63, 3.8) is 0 Å². The van der Waals surface area contributed by atoms with E-state index in [2.05, 4.69) is 41.5 Å². The first-order valence-corrected chi connectivity index (χ1v) is 11.1. The molecule has 1 unspecified atom stereocenters. The molecular formula is C21H20BrF3N6O. The molecule has 11 heteroatoms. The van der Waals surface area contributed by atoms with Gasteiger partial charge in [0.2, 0.25) is 11.9 Å². The third-order valence-electron chi connectivity index (χ3n) is 5.88. The molecule has 5 rings (SSSR count). The predicted molar refractivity (Wildman–Crippen MR) is 119 cm³/mol. The molecule has 2 aliphatic heterocycles. The van der Waals surface area contributed by atoms with Crippen LogP contribution >= 0.6 is 15.9 Å². The quantitative estimate of drug-likeness (QED) is 0.489. The Morgan fingerprint density at radius 2 is 2.12 bits per heavy atom. The van der Waals surface area contributed by atoms with Gasteiger partial charge in [0.25, 0.3) is 0 Å². The predicted octanol–water partition coefficient (Wildman–Crippen LogP) is 4.31. The molecular weight excluding hydrogens is 489 g/mol. The van der Waals surface area contributed by atoms with Crippen LogP contribution in [0, 0.1) is 0 Å². The van der Waals surface area contributed by atoms with Crippen molar-refractivity contribution in [3.8, 4) is 11.3 Å². The lowest BCUT2D eigenvalue weighted by Crippen LogP contribution is -2.24. The van der Waals surface area contributed by atoms with Gasteiger partial charge < -0.3 is 20.5 Å². The monoisotopic (exact) mass is 508 g/mol. The summed E-state index contributed by atoms with van der Waals surface area (Å²) in [5.74, 6) is 0.193. The molecule has 0 bridgehead atoms. The summed E-state index contributed by atoms with van der Waals surface area (Å²) >= 11 is 3.54. The number of nitrogens with one attached hydrogen (secondary N) is 3. The number of rotatable bonds is 4. The highest BCUT2D eigenvalue weighted by Crippen LogP contribution is 2.42. The largest absolute Gasteiger partial charge is 0.419 e. The van der Waals surface area contributed by atoms with Crippen molar-refractivity contribution in [2.45, 2.75) is 31.5 Å². The Bertz CT molecular complexity index is 1190. The molecule has 2 fully saturated rings. The van der Waals surface area contributed by atoms with E-state index >= 15 is 0 Å². The average Bonchev–Trinajstić information content (AvgIpc) is 3.49. The minimum Gasteiger partial charge on any atom is -0.360 e. The molecule has 1 atom stereocenters. The van der Waals surface area contributed by atoms with E-state index in [9.17, 15) is 18.0 Å². The van der Waals surface area contributed by atoms with Crippen molar-refractivity contribution in [2.24, 2.45) is 0 Å². The minimum atomic E-state index is -4.61. The number of H-pyrrole nitrogens is 1. The molecule has 4 heterocycles. The first kappa shape index (κ1) is 21.2. The van der Waals surface area contributed by atoms with Gasteiger partial charge in [-0.25, -0.2) is 9.97 Å². The second-order valence-corrected chi connectivity index (χ2v) is 8.75. The zero-order chi connectivity index (χ0) is 22.5. The smallest absolute Gasteiger partial charge is 0.360 e. The van der Waals surface area contributed by atoms with E-state index in [4.69, 9.17) is 0 Å². The molecule has 2 aliphatic rings. The van der Waals surface area contributed by atoms with Crippen molar-refractivity contribution in [3.05, 3.63) is 34.6 Å². The standard InChI is InChI=1S/C21H20BrF3N6O/c22-17-15(31-7-1-2-16(31)32)4-3-12-13(9-27-19(12)17)18-14(21(23,24)25)10-28-20(30-18)29-11-5-6-26-8-11/h3-4,9-11,26-27H,1-2,5-8H2,(H,28,29,30). The van der Waals surface area contributed by atoms with Crippen LogP contribution in [-0.2, 0) is 11.0 Å². The molecule has 0 saturated carbocycles. The summed E-state index contributed by atoms with van der Waals surface area (Å²) in [5.41, 5.74) is 0.538. The van der Waals surface area contributed by atoms with Gasteiger partial charge in [-0.3, -0.25) is 4.79 Å². The summed E-state index contributed by atoms with van der Waals surface area (Å²) in [4.78, 5) is 25.1. The molecule has 3 aromatic rings. The molecule has 2 saturated heterocycles. The van der Waals surface area contributed by atoms with Crippen molar-refractivity contribution >= 4 is 44.4 Å². The third-order valence-corrected chi connectivity index (χ3v) is 6.68. The number of amides is 1. The summed E-state index contributed by atoms with van der Waals surface area (Å²) in [6.45, 7) is 2.16. The highest BCUT2D eigenvalue weighted by Gasteiger charge is 2.36. The van der Waals surface area contributed by atoms with E-state index in [1.165, 1.54) is 6.20 Å². The number of carbonyl (C=O) groups is 1. The van der Waals surface area contributed by atoms with Crippen molar-refractivity contribution in [2.75, 3.05) is 29.9 Å². The van der Waals surface area contributed by atoms with Crippen molar-refractivity contribution in [1.82, 2.24) is 20.3 Å². The molecule has 1 aromatic carbocycles. The van der Waals surface area contributed by atoms with Gasteiger partial charge in [0.15, 0.2) is 0 Å². The number of aromatic nitrogens is 3. The first-order valence-electron chi connectivity index (χ1n) is 10.3. The second-order valence-electron chi connectivity index (χ2n) is 7.96. The lowest BCUT2D eigenvalue weighted by molar-refractivity contribution is -0.137. The van der Waals surface area contributed by atoms with Crippen LogP contribution < -0.4 is 15.5 Å². The van der Waals surface area contributed by atoms with Crippen molar-refractivity contribution < 1.29 is 18.0 Å². The number of alkyl halides is 3. The van der Waals surface area contributed by atoms with E-state index in [0.29, 0.717) is 46.1 Å². The number of halogens is 4. The zero-order valence-corrected chi connectivity index (χ0v) is 18.5. The van der Waals surface area contributed by atoms with Crippen LogP contribution in [0.1, 0.15) is 24.8 Å². The highest BCUT2D eigenvalue weighted by atomic mass is 79.9. The van der Waals surface area contributed by atoms with Crippen LogP contribution in [0.25, 0.3) is 22.2 Å². The molecule has 3 N–H and O–H groups in total. The maximum absolute atomic E-state index is 13.8. The van der Waals surface area contributed by atoms with Crippen LogP contribution in [0.2, 0.25) is 0 Å². The molecule has 168 valence electrons. The molecule has 32 heavy (non-hydrogen) atoms. The van der Waals surface area contributed by atoms with Crippen LogP contribution in [0.3, 0.4) is 0 Å². The van der Waals surface area contributed by atoms with Crippen molar-refractivity contribution in [1.29, 1.82) is 0 Å². The maximum Gasteiger partial charge on any atom is 0.419 e. The number of hydrogen-bond donors (Lipinski definition) is 3. The average molecular weight is 509 g/mol. The minimum absolute atomic E-state index is 0.0316. The fourth-order valence-electron chi connectivity index (χ4n) is 4.28. The number of carbonyl (C=O) groups excluding carboxylic acids is 1. The maximum atomic E-state index is 13.8. The summed E-state index contributed by atoms with van der Waals surface area (Å²) in [6.07, 6.45) is -0.144. The lowest BCUT2D eigenvalue weighted by Gasteiger charge is -2.18. The molecule has 7 nitrogen and oxygen atoms in total. The number of fused-ring (bicyclic) bond motifs is 1. The number of nitrogens with zero attached hydrogens (tertiary/aromatic N) is 3. The molecule has 0 radical (unpaired) electrons. The van der Waals surface area contributed by atoms with Gasteiger partial charge in [0, 0.05) is 48.9 Å². The summed E-state index contributed by atoms with van der Waals surface area (Å²) in [7, 11) is 0. The Hall–Kier alpha value is -2.66. The topological polar surface area (TPSA) is 85.9 Å². The van der Waals surface area contributed by atoms with Gasteiger partial charge in [-0.05, 0) is 47.4 Å². The van der Waals surface area contributed by atoms with Gasteiger partial charge in [-0.1, -0.05) is 0 Å². The van der Waals surface area contributed by atoms with Gasteiger partial charge in [-0.2, -0.15) is 13.2 Å². The number of hydrogen-bond acceptors (Lipinski definition) is 5.